The maximum Gasteiger partial charge on any atom is 0.275 e. The van der Waals surface area contributed by atoms with E-state index in [1.807, 2.05) is 17.9 Å². The monoisotopic (exact) mass is 408 g/mol. The Morgan fingerprint density at radius 3 is 2.78 bits per heavy atom. The van der Waals surface area contributed by atoms with E-state index in [-0.39, 0.29) is 30.3 Å². The van der Waals surface area contributed by atoms with Crippen molar-refractivity contribution in [3.8, 4) is 0 Å². The molecule has 1 aromatic carbocycles. The first-order valence-electron chi connectivity index (χ1n) is 8.87. The summed E-state index contributed by atoms with van der Waals surface area (Å²) >= 11 is 1.37. The molecule has 8 heteroatoms. The third kappa shape index (κ3) is 4.86. The van der Waals surface area contributed by atoms with E-state index in [4.69, 9.17) is 5.73 Å². The quantitative estimate of drug-likeness (QED) is 0.808. The molecule has 2 heterocycles. The number of piperidine rings is 1. The van der Waals surface area contributed by atoms with Gasteiger partial charge in [-0.2, -0.15) is 0 Å². The van der Waals surface area contributed by atoms with Crippen LogP contribution in [0.1, 0.15) is 57.6 Å². The van der Waals surface area contributed by atoms with Crippen LogP contribution in [0, 0.1) is 6.92 Å². The van der Waals surface area contributed by atoms with Crippen LogP contribution in [0.15, 0.2) is 23.6 Å². The van der Waals surface area contributed by atoms with E-state index < -0.39 is 0 Å². The second-order valence-corrected chi connectivity index (χ2v) is 7.60. The summed E-state index contributed by atoms with van der Waals surface area (Å²) < 4.78 is 0. The highest BCUT2D eigenvalue weighted by molar-refractivity contribution is 7.09. The van der Waals surface area contributed by atoms with Gasteiger partial charge in [0.25, 0.3) is 11.8 Å². The molecule has 3 N–H and O–H groups in total. The zero-order valence-corrected chi connectivity index (χ0v) is 17.2. The number of hydrogen-bond acceptors (Lipinski definition) is 5. The Kier molecular flexibility index (Phi) is 7.35. The largest absolute Gasteiger partial charge is 0.336 e. The van der Waals surface area contributed by atoms with Crippen LogP contribution in [0.4, 0.5) is 5.69 Å². The summed E-state index contributed by atoms with van der Waals surface area (Å²) in [5.41, 5.74) is 8.09. The van der Waals surface area contributed by atoms with E-state index in [0.717, 1.165) is 30.0 Å². The molecule has 1 aliphatic heterocycles. The number of rotatable bonds is 4. The first-order valence-corrected chi connectivity index (χ1v) is 9.75. The van der Waals surface area contributed by atoms with Gasteiger partial charge in [-0.3, -0.25) is 9.59 Å². The first kappa shape index (κ1) is 21.3. The average molecular weight is 409 g/mol. The molecule has 3 rings (SSSR count). The number of likely N-dealkylation sites (tertiary alicyclic amines) is 1. The van der Waals surface area contributed by atoms with Crippen molar-refractivity contribution >= 4 is 41.2 Å². The molecule has 1 aliphatic rings. The summed E-state index contributed by atoms with van der Waals surface area (Å²) in [5, 5.41) is 5.28. The fourth-order valence-electron chi connectivity index (χ4n) is 3.20. The number of halogens is 1. The molecule has 0 spiro atoms. The smallest absolute Gasteiger partial charge is 0.275 e. The van der Waals surface area contributed by atoms with Crippen molar-refractivity contribution in [2.45, 2.75) is 45.7 Å². The van der Waals surface area contributed by atoms with Crippen LogP contribution in [0.2, 0.25) is 0 Å². The van der Waals surface area contributed by atoms with Gasteiger partial charge in [-0.25, -0.2) is 4.98 Å². The zero-order chi connectivity index (χ0) is 18.7. The fourth-order valence-corrected chi connectivity index (χ4v) is 3.85. The second-order valence-electron chi connectivity index (χ2n) is 6.66. The molecule has 2 aromatic rings. The normalized spacial score (nSPS) is 16.6. The van der Waals surface area contributed by atoms with Gasteiger partial charge >= 0.3 is 0 Å². The number of thiazole rings is 1. The summed E-state index contributed by atoms with van der Waals surface area (Å²) in [6.07, 6.45) is 3.29. The van der Waals surface area contributed by atoms with Crippen LogP contribution in [-0.2, 0) is 6.54 Å². The minimum atomic E-state index is -0.271. The SMILES string of the molecule is Cc1cc(C(=O)N2CCCCC2C)ccc1NC(=O)c1csc(CN)n1.Cl. The number of nitrogens with one attached hydrogen (secondary N) is 1. The summed E-state index contributed by atoms with van der Waals surface area (Å²) in [4.78, 5) is 31.2. The number of aromatic nitrogens is 1. The molecule has 1 atom stereocenters. The van der Waals surface area contributed by atoms with Crippen LogP contribution in [-0.4, -0.2) is 34.3 Å². The van der Waals surface area contributed by atoms with Crippen LogP contribution in [0.5, 0.6) is 0 Å². The maximum absolute atomic E-state index is 12.8. The number of nitrogens with two attached hydrogens (primary N) is 1. The van der Waals surface area contributed by atoms with Gasteiger partial charge in [0.15, 0.2) is 0 Å². The van der Waals surface area contributed by atoms with Crippen LogP contribution in [0.25, 0.3) is 0 Å². The van der Waals surface area contributed by atoms with Crippen LogP contribution >= 0.6 is 23.7 Å². The van der Waals surface area contributed by atoms with Gasteiger partial charge in [0.2, 0.25) is 0 Å². The Morgan fingerprint density at radius 2 is 2.15 bits per heavy atom. The van der Waals surface area contributed by atoms with Crippen molar-refractivity contribution in [3.05, 3.63) is 45.4 Å². The summed E-state index contributed by atoms with van der Waals surface area (Å²) in [5.74, 6) is -0.210. The molecule has 1 unspecified atom stereocenters. The van der Waals surface area contributed by atoms with Gasteiger partial charge in [-0.15, -0.1) is 23.7 Å². The third-order valence-electron chi connectivity index (χ3n) is 4.74. The second kappa shape index (κ2) is 9.30. The zero-order valence-electron chi connectivity index (χ0n) is 15.5. The predicted molar refractivity (Wildman–Crippen MR) is 111 cm³/mol. The molecular formula is C19H25ClN4O2S. The lowest BCUT2D eigenvalue weighted by molar-refractivity contribution is 0.0635. The summed E-state index contributed by atoms with van der Waals surface area (Å²) in [6.45, 7) is 5.12. The molecule has 2 amide bonds. The van der Waals surface area contributed by atoms with Crippen molar-refractivity contribution < 1.29 is 9.59 Å². The van der Waals surface area contributed by atoms with Crippen molar-refractivity contribution in [2.75, 3.05) is 11.9 Å². The topological polar surface area (TPSA) is 88.3 Å². The minimum absolute atomic E-state index is 0. The lowest BCUT2D eigenvalue weighted by Crippen LogP contribution is -2.42. The standard InChI is InChI=1S/C19H24N4O2S.ClH/c1-12-9-14(19(25)23-8-4-3-5-13(23)2)6-7-15(12)22-18(24)16-11-26-17(10-20)21-16;/h6-7,9,11,13H,3-5,8,10,20H2,1-2H3,(H,22,24);1H. The number of amides is 2. The molecule has 1 saturated heterocycles. The molecule has 1 aromatic heterocycles. The lowest BCUT2D eigenvalue weighted by Gasteiger charge is -2.33. The number of benzene rings is 1. The predicted octanol–water partition coefficient (Wildman–Crippen LogP) is 3.60. The van der Waals surface area contributed by atoms with E-state index >= 15 is 0 Å². The van der Waals surface area contributed by atoms with Crippen molar-refractivity contribution in [3.63, 3.8) is 0 Å². The highest BCUT2D eigenvalue weighted by Gasteiger charge is 2.24. The Bertz CT molecular complexity index is 824. The van der Waals surface area contributed by atoms with Gasteiger partial charge < -0.3 is 16.0 Å². The number of anilines is 1. The number of carbonyl (C=O) groups is 2. The maximum atomic E-state index is 12.8. The van der Waals surface area contributed by atoms with E-state index in [1.165, 1.54) is 17.8 Å². The van der Waals surface area contributed by atoms with Crippen molar-refractivity contribution in [2.24, 2.45) is 5.73 Å². The number of hydrogen-bond donors (Lipinski definition) is 2. The lowest BCUT2D eigenvalue weighted by atomic mass is 10.0. The van der Waals surface area contributed by atoms with Gasteiger partial charge in [0.05, 0.1) is 0 Å². The number of carbonyl (C=O) groups excluding carboxylic acids is 2. The highest BCUT2D eigenvalue weighted by Crippen LogP contribution is 2.23. The molecule has 146 valence electrons. The van der Waals surface area contributed by atoms with E-state index in [2.05, 4.69) is 17.2 Å². The Hall–Kier alpha value is -1.96. The van der Waals surface area contributed by atoms with Gasteiger partial charge in [0.1, 0.15) is 10.7 Å². The molecule has 1 fully saturated rings. The van der Waals surface area contributed by atoms with E-state index in [1.54, 1.807) is 17.5 Å². The molecular weight excluding hydrogens is 384 g/mol. The van der Waals surface area contributed by atoms with E-state index in [0.29, 0.717) is 23.5 Å². The molecule has 0 radical (unpaired) electrons. The molecule has 0 bridgehead atoms. The molecule has 0 saturated carbocycles. The van der Waals surface area contributed by atoms with Crippen LogP contribution < -0.4 is 11.1 Å². The van der Waals surface area contributed by atoms with Gasteiger partial charge in [-0.1, -0.05) is 0 Å². The third-order valence-corrected chi connectivity index (χ3v) is 5.62. The Labute approximate surface area is 169 Å². The average Bonchev–Trinajstić information content (AvgIpc) is 3.12. The van der Waals surface area contributed by atoms with Gasteiger partial charge in [-0.05, 0) is 56.9 Å². The van der Waals surface area contributed by atoms with Crippen molar-refractivity contribution in [1.82, 2.24) is 9.88 Å². The van der Waals surface area contributed by atoms with Crippen molar-refractivity contribution in [1.29, 1.82) is 0 Å². The Morgan fingerprint density at radius 1 is 1.37 bits per heavy atom. The number of aryl methyl sites for hydroxylation is 1. The van der Waals surface area contributed by atoms with Crippen LogP contribution in [0.3, 0.4) is 0 Å². The Balaban J connectivity index is 0.00000261. The highest BCUT2D eigenvalue weighted by atomic mass is 35.5. The minimum Gasteiger partial charge on any atom is -0.336 e. The fraction of sp³-hybridized carbons (Fsp3) is 0.421. The molecule has 27 heavy (non-hydrogen) atoms. The first-order chi connectivity index (χ1) is 12.5. The molecule has 0 aliphatic carbocycles. The van der Waals surface area contributed by atoms with Gasteiger partial charge in [0, 0.05) is 35.8 Å². The van der Waals surface area contributed by atoms with E-state index in [9.17, 15) is 9.59 Å². The molecule has 6 nitrogen and oxygen atoms in total. The summed E-state index contributed by atoms with van der Waals surface area (Å²) in [7, 11) is 0. The number of nitrogens with zero attached hydrogens (tertiary/aromatic N) is 2. The summed E-state index contributed by atoms with van der Waals surface area (Å²) in [6, 6.07) is 5.67.